The fraction of sp³-hybridized carbons (Fsp3) is 0.447. The molecule has 5 rings (SSSR count). The van der Waals surface area contributed by atoms with Gasteiger partial charge in [-0.15, -0.1) is 0 Å². The van der Waals surface area contributed by atoms with Crippen molar-refractivity contribution in [2.75, 3.05) is 18.0 Å². The van der Waals surface area contributed by atoms with Gasteiger partial charge in [0.1, 0.15) is 6.29 Å². The van der Waals surface area contributed by atoms with E-state index in [-0.39, 0.29) is 24.0 Å². The highest BCUT2D eigenvalue weighted by molar-refractivity contribution is 5.73. The minimum Gasteiger partial charge on any atom is -0.390 e. The van der Waals surface area contributed by atoms with Gasteiger partial charge in [0, 0.05) is 49.2 Å². The quantitative estimate of drug-likeness (QED) is 0.203. The number of allylic oxidation sites excluding steroid dienone is 1. The third-order valence-corrected chi connectivity index (χ3v) is 9.36. The number of hydrogen-bond donors (Lipinski definition) is 1. The lowest BCUT2D eigenvalue weighted by Crippen LogP contribution is -2.29. The first-order valence-corrected chi connectivity index (χ1v) is 16.2. The number of carbonyl (C=O) groups is 1. The number of hydrazone groups is 1. The lowest BCUT2D eigenvalue weighted by atomic mass is 9.74. The first-order valence-electron chi connectivity index (χ1n) is 16.2. The van der Waals surface area contributed by atoms with Crippen LogP contribution in [0.2, 0.25) is 0 Å². The lowest BCUT2D eigenvalue weighted by Gasteiger charge is -2.35. The summed E-state index contributed by atoms with van der Waals surface area (Å²) in [5.41, 5.74) is 10.5. The van der Waals surface area contributed by atoms with Crippen LogP contribution in [0.15, 0.2) is 72.1 Å². The summed E-state index contributed by atoms with van der Waals surface area (Å²) in [5, 5.41) is 16.8. The van der Waals surface area contributed by atoms with E-state index in [0.29, 0.717) is 6.42 Å². The van der Waals surface area contributed by atoms with Crippen LogP contribution < -0.4 is 4.90 Å². The van der Waals surface area contributed by atoms with Crippen LogP contribution >= 0.6 is 0 Å². The average Bonchev–Trinajstić information content (AvgIpc) is 3.34. The predicted molar refractivity (Wildman–Crippen MR) is 181 cm³/mol. The molecule has 0 amide bonds. The molecule has 0 bridgehead atoms. The third-order valence-electron chi connectivity index (χ3n) is 9.36. The topological polar surface area (TPSA) is 69.0 Å². The molecule has 1 N–H and O–H groups in total. The summed E-state index contributed by atoms with van der Waals surface area (Å²) < 4.78 is 0. The van der Waals surface area contributed by atoms with Gasteiger partial charge in [-0.25, -0.2) is 0 Å². The van der Waals surface area contributed by atoms with Crippen LogP contribution in [0.1, 0.15) is 99.2 Å². The van der Waals surface area contributed by atoms with Gasteiger partial charge >= 0.3 is 0 Å². The second kappa shape index (κ2) is 13.9. The zero-order chi connectivity index (χ0) is 31.3. The van der Waals surface area contributed by atoms with Crippen LogP contribution in [0, 0.1) is 12.3 Å². The molecule has 0 saturated heterocycles. The molecule has 6 heteroatoms. The number of anilines is 1. The molecule has 0 aliphatic carbocycles. The minimum atomic E-state index is -0.0876. The van der Waals surface area contributed by atoms with Crippen LogP contribution in [0.5, 0.6) is 0 Å². The number of likely N-dealkylation sites (N-methyl/N-ethyl adjacent to an activating group) is 1. The van der Waals surface area contributed by atoms with Crippen molar-refractivity contribution in [3.05, 3.63) is 95.0 Å². The summed E-state index contributed by atoms with van der Waals surface area (Å²) in [5.74, 6) is 0.193. The van der Waals surface area contributed by atoms with E-state index in [1.165, 1.54) is 33.5 Å². The molecule has 2 aliphatic heterocycles. The number of aldehydes is 1. The first kappa shape index (κ1) is 31.6. The summed E-state index contributed by atoms with van der Waals surface area (Å²) in [6, 6.07) is 18.0. The summed E-state index contributed by atoms with van der Waals surface area (Å²) >= 11 is 0. The molecule has 232 valence electrons. The number of aromatic nitrogens is 1. The van der Waals surface area contributed by atoms with Gasteiger partial charge in [-0.3, -0.25) is 9.99 Å². The van der Waals surface area contributed by atoms with Crippen molar-refractivity contribution in [3.8, 4) is 11.1 Å². The van der Waals surface area contributed by atoms with Gasteiger partial charge in [0.05, 0.1) is 18.3 Å². The number of nitrogens with zero attached hydrogens (tertiary/aromatic N) is 4. The van der Waals surface area contributed by atoms with Gasteiger partial charge < -0.3 is 14.8 Å². The van der Waals surface area contributed by atoms with Gasteiger partial charge in [-0.05, 0) is 104 Å². The predicted octanol–water partition coefficient (Wildman–Crippen LogP) is 8.14. The SMILES string of the molecule is C=C(CCc1cc(C)cc(-c2ccc3c(c2)C(CC(C)(C)CCC=O)C(c2cccnc2CO)N3CC)c1)N1CCCC=N1. The normalized spacial score (nSPS) is 18.0. The zero-order valence-corrected chi connectivity index (χ0v) is 26.9. The number of carbonyl (C=O) groups excluding carboxylic acids is 1. The first-order chi connectivity index (χ1) is 21.2. The monoisotopic (exact) mass is 592 g/mol. The molecule has 2 aliphatic rings. The van der Waals surface area contributed by atoms with Gasteiger partial charge in [0.2, 0.25) is 0 Å². The highest BCUT2D eigenvalue weighted by Gasteiger charge is 2.42. The highest BCUT2D eigenvalue weighted by Crippen LogP contribution is 2.54. The molecule has 2 aromatic carbocycles. The molecule has 0 fully saturated rings. The van der Waals surface area contributed by atoms with Crippen LogP contribution in [0.4, 0.5) is 5.69 Å². The standard InChI is InChI=1S/C38H48N4O2/c1-6-41-36-15-14-30(31-22-27(2)21-29(23-31)13-12-28(3)42-19-8-7-18-40-42)24-33(36)34(25-38(4,5)16-10-20-43)37(41)32-11-9-17-39-35(32)26-44/h9,11,14-15,17-18,20-24,34,37,44H,3,6-8,10,12-13,16,19,25-26H2,1-2,4-5H3. The fourth-order valence-electron chi connectivity index (χ4n) is 7.18. The molecule has 1 aromatic heterocycles. The van der Waals surface area contributed by atoms with Gasteiger partial charge in [0.25, 0.3) is 0 Å². The van der Waals surface area contributed by atoms with Gasteiger partial charge in [-0.2, -0.15) is 5.10 Å². The Morgan fingerprint density at radius 1 is 1.14 bits per heavy atom. The number of pyridine rings is 1. The second-order valence-corrected chi connectivity index (χ2v) is 13.2. The van der Waals surface area contributed by atoms with Crippen LogP contribution in [0.3, 0.4) is 0 Å². The number of aliphatic hydroxyl groups is 1. The number of hydrogen-bond acceptors (Lipinski definition) is 6. The molecular weight excluding hydrogens is 544 g/mol. The second-order valence-electron chi connectivity index (χ2n) is 13.2. The number of aliphatic hydroxyl groups excluding tert-OH is 1. The van der Waals surface area contributed by atoms with Gasteiger partial charge in [-0.1, -0.05) is 56.3 Å². The molecule has 2 atom stereocenters. The smallest absolute Gasteiger partial charge is 0.120 e. The Labute approximate surface area is 263 Å². The van der Waals surface area contributed by atoms with E-state index in [0.717, 1.165) is 74.9 Å². The van der Waals surface area contributed by atoms with E-state index < -0.39 is 0 Å². The van der Waals surface area contributed by atoms with Crippen molar-refractivity contribution < 1.29 is 9.90 Å². The Morgan fingerprint density at radius 3 is 2.70 bits per heavy atom. The number of fused-ring (bicyclic) bond motifs is 1. The van der Waals surface area contributed by atoms with Crippen molar-refractivity contribution in [1.29, 1.82) is 0 Å². The van der Waals surface area contributed by atoms with Crippen molar-refractivity contribution in [3.63, 3.8) is 0 Å². The molecule has 0 radical (unpaired) electrons. The number of benzene rings is 2. The molecule has 3 heterocycles. The van der Waals surface area contributed by atoms with Gasteiger partial charge in [0.15, 0.2) is 0 Å². The maximum Gasteiger partial charge on any atom is 0.120 e. The Morgan fingerprint density at radius 2 is 1.98 bits per heavy atom. The van der Waals surface area contributed by atoms with E-state index >= 15 is 0 Å². The Kier molecular flexibility index (Phi) is 10.00. The minimum absolute atomic E-state index is 0.0280. The molecule has 44 heavy (non-hydrogen) atoms. The molecule has 6 nitrogen and oxygen atoms in total. The molecular formula is C38H48N4O2. The van der Waals surface area contributed by atoms with Crippen molar-refractivity contribution >= 4 is 18.2 Å². The number of rotatable bonds is 13. The summed E-state index contributed by atoms with van der Waals surface area (Å²) in [6.45, 7) is 15.0. The van der Waals surface area contributed by atoms with Crippen molar-refractivity contribution in [2.24, 2.45) is 10.5 Å². The summed E-state index contributed by atoms with van der Waals surface area (Å²) in [4.78, 5) is 18.4. The summed E-state index contributed by atoms with van der Waals surface area (Å²) in [6.07, 6.45) is 11.1. The molecule has 0 spiro atoms. The van der Waals surface area contributed by atoms with Crippen molar-refractivity contribution in [2.45, 2.75) is 91.2 Å². The van der Waals surface area contributed by atoms with E-state index in [9.17, 15) is 9.90 Å². The van der Waals surface area contributed by atoms with Crippen LogP contribution in [-0.4, -0.2) is 40.7 Å². The zero-order valence-electron chi connectivity index (χ0n) is 26.9. The van der Waals surface area contributed by atoms with Crippen LogP contribution in [0.25, 0.3) is 11.1 Å². The maximum atomic E-state index is 11.3. The maximum absolute atomic E-state index is 11.3. The fourth-order valence-corrected chi connectivity index (χ4v) is 7.18. The Hall–Kier alpha value is -3.77. The van der Waals surface area contributed by atoms with Crippen LogP contribution in [-0.2, 0) is 17.8 Å². The van der Waals surface area contributed by atoms with E-state index in [4.69, 9.17) is 0 Å². The van der Waals surface area contributed by atoms with E-state index in [1.807, 2.05) is 12.3 Å². The highest BCUT2D eigenvalue weighted by atomic mass is 16.3. The lowest BCUT2D eigenvalue weighted by molar-refractivity contribution is -0.108. The van der Waals surface area contributed by atoms with Crippen molar-refractivity contribution in [1.82, 2.24) is 9.99 Å². The average molecular weight is 593 g/mol. The Bertz CT molecular complexity index is 1510. The molecule has 3 aromatic rings. The largest absolute Gasteiger partial charge is 0.390 e. The Balaban J connectivity index is 1.50. The molecule has 2 unspecified atom stereocenters. The number of aryl methyl sites for hydroxylation is 2. The third kappa shape index (κ3) is 6.96. The van der Waals surface area contributed by atoms with E-state index in [1.54, 1.807) is 6.20 Å². The van der Waals surface area contributed by atoms with E-state index in [2.05, 4.69) is 96.7 Å². The molecule has 0 saturated carbocycles. The summed E-state index contributed by atoms with van der Waals surface area (Å²) in [7, 11) is 0.